The van der Waals surface area contributed by atoms with E-state index in [1.807, 2.05) is 0 Å². The number of ketones is 1. The van der Waals surface area contributed by atoms with Gasteiger partial charge in [-0.05, 0) is 39.4 Å². The van der Waals surface area contributed by atoms with Crippen LogP contribution in [0.15, 0.2) is 0 Å². The van der Waals surface area contributed by atoms with Gasteiger partial charge in [-0.1, -0.05) is 20.8 Å². The maximum Gasteiger partial charge on any atom is 0.141 e. The highest BCUT2D eigenvalue weighted by molar-refractivity contribution is 5.86. The third kappa shape index (κ3) is 2.57. The van der Waals surface area contributed by atoms with E-state index < -0.39 is 0 Å². The van der Waals surface area contributed by atoms with E-state index in [-0.39, 0.29) is 5.41 Å². The van der Waals surface area contributed by atoms with Crippen molar-refractivity contribution in [3.8, 4) is 0 Å². The molecular formula is C12H23NO. The molecule has 2 nitrogen and oxygen atoms in total. The second-order valence-corrected chi connectivity index (χ2v) is 5.18. The van der Waals surface area contributed by atoms with Gasteiger partial charge in [-0.2, -0.15) is 0 Å². The molecule has 0 aromatic heterocycles. The average molecular weight is 197 g/mol. The summed E-state index contributed by atoms with van der Waals surface area (Å²) in [5, 5.41) is 0. The summed E-state index contributed by atoms with van der Waals surface area (Å²) in [5.41, 5.74) is -0.111. The van der Waals surface area contributed by atoms with Gasteiger partial charge < -0.3 is 4.90 Å². The quantitative estimate of drug-likeness (QED) is 0.692. The molecule has 0 bridgehead atoms. The summed E-state index contributed by atoms with van der Waals surface area (Å²) in [6, 6.07) is 0. The van der Waals surface area contributed by atoms with Gasteiger partial charge in [0.05, 0.1) is 0 Å². The molecule has 2 heteroatoms. The molecule has 0 atom stereocenters. The highest BCUT2D eigenvalue weighted by Gasteiger charge is 2.33. The SMILES string of the molecule is CCC(C)(C)C(=O)C1CCN(C)CC1. The summed E-state index contributed by atoms with van der Waals surface area (Å²) in [4.78, 5) is 14.4. The fourth-order valence-electron chi connectivity index (χ4n) is 2.00. The standard InChI is InChI=1S/C12H23NO/c1-5-12(2,3)11(14)10-6-8-13(4)9-7-10/h10H,5-9H2,1-4H3. The number of carbonyl (C=O) groups is 1. The molecule has 1 saturated heterocycles. The Morgan fingerprint density at radius 2 is 1.86 bits per heavy atom. The number of piperidine rings is 1. The minimum absolute atomic E-state index is 0.111. The second kappa shape index (κ2) is 4.43. The lowest BCUT2D eigenvalue weighted by Gasteiger charge is -2.33. The normalized spacial score (nSPS) is 21.1. The highest BCUT2D eigenvalue weighted by atomic mass is 16.1. The van der Waals surface area contributed by atoms with Crippen LogP contribution >= 0.6 is 0 Å². The van der Waals surface area contributed by atoms with Gasteiger partial charge >= 0.3 is 0 Å². The Kier molecular flexibility index (Phi) is 3.71. The summed E-state index contributed by atoms with van der Waals surface area (Å²) in [6.07, 6.45) is 3.07. The van der Waals surface area contributed by atoms with Crippen molar-refractivity contribution in [2.24, 2.45) is 11.3 Å². The molecule has 1 aliphatic rings. The third-order valence-electron chi connectivity index (χ3n) is 3.64. The Hall–Kier alpha value is -0.370. The van der Waals surface area contributed by atoms with Crippen LogP contribution in [0.1, 0.15) is 40.0 Å². The molecule has 0 spiro atoms. The number of hydrogen-bond acceptors (Lipinski definition) is 2. The van der Waals surface area contributed by atoms with Crippen molar-refractivity contribution >= 4 is 5.78 Å². The summed E-state index contributed by atoms with van der Waals surface area (Å²) < 4.78 is 0. The molecule has 14 heavy (non-hydrogen) atoms. The second-order valence-electron chi connectivity index (χ2n) is 5.18. The predicted octanol–water partition coefficient (Wildman–Crippen LogP) is 2.33. The molecule has 0 aliphatic carbocycles. The number of likely N-dealkylation sites (tertiary alicyclic amines) is 1. The van der Waals surface area contributed by atoms with Crippen LogP contribution in [0.25, 0.3) is 0 Å². The van der Waals surface area contributed by atoms with E-state index in [2.05, 4.69) is 32.7 Å². The third-order valence-corrected chi connectivity index (χ3v) is 3.64. The maximum absolute atomic E-state index is 12.1. The molecule has 0 unspecified atom stereocenters. The van der Waals surface area contributed by atoms with Crippen molar-refractivity contribution in [1.29, 1.82) is 0 Å². The van der Waals surface area contributed by atoms with E-state index in [1.54, 1.807) is 0 Å². The number of rotatable bonds is 3. The molecule has 1 rings (SSSR count). The molecule has 0 N–H and O–H groups in total. The highest BCUT2D eigenvalue weighted by Crippen LogP contribution is 2.29. The lowest BCUT2D eigenvalue weighted by molar-refractivity contribution is -0.132. The Morgan fingerprint density at radius 1 is 1.36 bits per heavy atom. The van der Waals surface area contributed by atoms with Crippen LogP contribution in [0.2, 0.25) is 0 Å². The molecular weight excluding hydrogens is 174 g/mol. The predicted molar refractivity (Wildman–Crippen MR) is 59.3 cm³/mol. The van der Waals surface area contributed by atoms with Gasteiger partial charge in [0.2, 0.25) is 0 Å². The van der Waals surface area contributed by atoms with E-state index in [0.717, 1.165) is 32.4 Å². The van der Waals surface area contributed by atoms with Crippen LogP contribution in [0.4, 0.5) is 0 Å². The van der Waals surface area contributed by atoms with Crippen molar-refractivity contribution in [2.45, 2.75) is 40.0 Å². The zero-order chi connectivity index (χ0) is 10.8. The van der Waals surface area contributed by atoms with Crippen LogP contribution in [0, 0.1) is 11.3 Å². The van der Waals surface area contributed by atoms with E-state index in [4.69, 9.17) is 0 Å². The van der Waals surface area contributed by atoms with Crippen LogP contribution < -0.4 is 0 Å². The van der Waals surface area contributed by atoms with Gasteiger partial charge in [0.15, 0.2) is 0 Å². The number of nitrogens with zero attached hydrogens (tertiary/aromatic N) is 1. The Balaban J connectivity index is 2.54. The number of Topliss-reactive ketones (excluding diaryl/α,β-unsaturated/α-hetero) is 1. The molecule has 1 aliphatic heterocycles. The summed E-state index contributed by atoms with van der Waals surface area (Å²) in [7, 11) is 2.13. The van der Waals surface area contributed by atoms with Crippen LogP contribution in [0.3, 0.4) is 0 Å². The largest absolute Gasteiger partial charge is 0.306 e. The minimum atomic E-state index is -0.111. The first-order valence-electron chi connectivity index (χ1n) is 5.70. The van der Waals surface area contributed by atoms with E-state index in [0.29, 0.717) is 11.7 Å². The monoisotopic (exact) mass is 197 g/mol. The molecule has 0 saturated carbocycles. The average Bonchev–Trinajstić information content (AvgIpc) is 2.18. The van der Waals surface area contributed by atoms with Gasteiger partial charge in [0, 0.05) is 11.3 Å². The molecule has 0 aromatic rings. The van der Waals surface area contributed by atoms with Gasteiger partial charge in [-0.3, -0.25) is 4.79 Å². The lowest BCUT2D eigenvalue weighted by Crippen LogP contribution is -2.38. The van der Waals surface area contributed by atoms with E-state index in [1.165, 1.54) is 0 Å². The van der Waals surface area contributed by atoms with Crippen LogP contribution in [0.5, 0.6) is 0 Å². The summed E-state index contributed by atoms with van der Waals surface area (Å²) >= 11 is 0. The lowest BCUT2D eigenvalue weighted by atomic mass is 9.76. The molecule has 1 heterocycles. The van der Waals surface area contributed by atoms with Crippen molar-refractivity contribution in [1.82, 2.24) is 4.90 Å². The van der Waals surface area contributed by atoms with E-state index >= 15 is 0 Å². The number of carbonyl (C=O) groups excluding carboxylic acids is 1. The van der Waals surface area contributed by atoms with Crippen molar-refractivity contribution in [3.63, 3.8) is 0 Å². The van der Waals surface area contributed by atoms with Crippen LogP contribution in [-0.2, 0) is 4.79 Å². The maximum atomic E-state index is 12.1. The zero-order valence-electron chi connectivity index (χ0n) is 9.97. The molecule has 0 radical (unpaired) electrons. The topological polar surface area (TPSA) is 20.3 Å². The van der Waals surface area contributed by atoms with Gasteiger partial charge in [0.1, 0.15) is 5.78 Å². The Morgan fingerprint density at radius 3 is 2.29 bits per heavy atom. The minimum Gasteiger partial charge on any atom is -0.306 e. The Labute approximate surface area is 87.7 Å². The van der Waals surface area contributed by atoms with Crippen molar-refractivity contribution in [3.05, 3.63) is 0 Å². The van der Waals surface area contributed by atoms with Gasteiger partial charge in [0.25, 0.3) is 0 Å². The molecule has 82 valence electrons. The summed E-state index contributed by atoms with van der Waals surface area (Å²) in [6.45, 7) is 8.42. The first-order chi connectivity index (χ1) is 6.47. The molecule has 0 aromatic carbocycles. The zero-order valence-corrected chi connectivity index (χ0v) is 9.97. The Bertz CT molecular complexity index is 202. The molecule has 0 amide bonds. The van der Waals surface area contributed by atoms with Crippen molar-refractivity contribution in [2.75, 3.05) is 20.1 Å². The smallest absolute Gasteiger partial charge is 0.141 e. The van der Waals surface area contributed by atoms with Crippen LogP contribution in [-0.4, -0.2) is 30.8 Å². The van der Waals surface area contributed by atoms with Crippen molar-refractivity contribution < 1.29 is 4.79 Å². The fourth-order valence-corrected chi connectivity index (χ4v) is 2.00. The summed E-state index contributed by atoms with van der Waals surface area (Å²) in [5.74, 6) is 0.800. The van der Waals surface area contributed by atoms with Gasteiger partial charge in [-0.25, -0.2) is 0 Å². The fraction of sp³-hybridized carbons (Fsp3) is 0.917. The molecule has 1 fully saturated rings. The first-order valence-corrected chi connectivity index (χ1v) is 5.70. The number of hydrogen-bond donors (Lipinski definition) is 0. The van der Waals surface area contributed by atoms with Gasteiger partial charge in [-0.15, -0.1) is 0 Å². The van der Waals surface area contributed by atoms with E-state index in [9.17, 15) is 4.79 Å². The first kappa shape index (κ1) is 11.7.